The molecular weight excluding hydrogens is 620 g/mol. The van der Waals surface area contributed by atoms with Crippen LogP contribution in [-0.2, 0) is 30.4 Å². The number of ether oxygens (including phenoxy) is 3. The molecule has 3 heterocycles. The van der Waals surface area contributed by atoms with Gasteiger partial charge in [-0.2, -0.15) is 0 Å². The molecule has 6 rings (SSSR count). The van der Waals surface area contributed by atoms with Crippen LogP contribution in [0.5, 0.6) is 0 Å². The molecule has 3 aliphatic rings. The fraction of sp³-hybridized carbons (Fsp3) is 0.588. The number of hydrogen-bond donors (Lipinski definition) is 1. The molecule has 3 atom stereocenters. The molecule has 1 saturated heterocycles. The first-order valence-electron chi connectivity index (χ1n) is 16.5. The summed E-state index contributed by atoms with van der Waals surface area (Å²) in [6.07, 6.45) is 7.18. The number of aromatic nitrogens is 3. The van der Waals surface area contributed by atoms with E-state index in [2.05, 4.69) is 32.1 Å². The fourth-order valence-electron chi connectivity index (χ4n) is 6.63. The van der Waals surface area contributed by atoms with Crippen LogP contribution in [0.25, 0.3) is 21.3 Å². The maximum Gasteiger partial charge on any atom is 0.410 e. The summed E-state index contributed by atoms with van der Waals surface area (Å²) in [7, 11) is 0. The van der Waals surface area contributed by atoms with Crippen LogP contribution in [0.4, 0.5) is 9.93 Å². The second-order valence-corrected chi connectivity index (χ2v) is 14.9. The van der Waals surface area contributed by atoms with Gasteiger partial charge in [-0.15, -0.1) is 0 Å². The summed E-state index contributed by atoms with van der Waals surface area (Å²) in [5.41, 5.74) is 2.14. The summed E-state index contributed by atoms with van der Waals surface area (Å²) in [6, 6.07) is 6.50. The topological polar surface area (TPSA) is 136 Å². The van der Waals surface area contributed by atoms with Crippen LogP contribution in [-0.4, -0.2) is 92.2 Å². The number of amides is 2. The van der Waals surface area contributed by atoms with Crippen LogP contribution in [0.3, 0.4) is 0 Å². The van der Waals surface area contributed by atoms with Crippen LogP contribution in [0.15, 0.2) is 30.6 Å². The van der Waals surface area contributed by atoms with Crippen molar-refractivity contribution in [2.75, 3.05) is 25.0 Å². The monoisotopic (exact) mass is 664 g/mol. The van der Waals surface area contributed by atoms with Gasteiger partial charge < -0.3 is 24.4 Å². The Kier molecular flexibility index (Phi) is 9.77. The highest BCUT2D eigenvalue weighted by Crippen LogP contribution is 2.36. The maximum absolute atomic E-state index is 13.1. The molecule has 252 valence electrons. The lowest BCUT2D eigenvalue weighted by molar-refractivity contribution is -0.153. The second-order valence-electron chi connectivity index (χ2n) is 13.8. The number of benzene rings is 1. The van der Waals surface area contributed by atoms with E-state index in [1.165, 1.54) is 18.3 Å². The predicted octanol–water partition coefficient (Wildman–Crippen LogP) is 5.41. The highest BCUT2D eigenvalue weighted by molar-refractivity contribution is 7.22. The Balaban J connectivity index is 0.984. The van der Waals surface area contributed by atoms with Crippen molar-refractivity contribution >= 4 is 44.7 Å². The van der Waals surface area contributed by atoms with Crippen LogP contribution >= 0.6 is 11.3 Å². The third kappa shape index (κ3) is 8.07. The van der Waals surface area contributed by atoms with Gasteiger partial charge in [0.15, 0.2) is 11.0 Å². The zero-order valence-corrected chi connectivity index (χ0v) is 28.5. The molecule has 0 unspecified atom stereocenters. The van der Waals surface area contributed by atoms with E-state index in [1.807, 2.05) is 39.0 Å². The second kappa shape index (κ2) is 13.8. The lowest BCUT2D eigenvalue weighted by Crippen LogP contribution is -2.60. The van der Waals surface area contributed by atoms with Gasteiger partial charge in [0.25, 0.3) is 0 Å². The molecule has 0 radical (unpaired) electrons. The summed E-state index contributed by atoms with van der Waals surface area (Å²) in [4.78, 5) is 54.8. The van der Waals surface area contributed by atoms with Crippen molar-refractivity contribution < 1.29 is 28.6 Å². The Morgan fingerprint density at radius 1 is 1.04 bits per heavy atom. The number of thiazole rings is 1. The summed E-state index contributed by atoms with van der Waals surface area (Å²) >= 11 is 1.45. The molecule has 0 bridgehead atoms. The number of nitrogens with one attached hydrogen (secondary N) is 1. The summed E-state index contributed by atoms with van der Waals surface area (Å²) in [5.74, 6) is 0.231. The largest absolute Gasteiger partial charge is 0.460 e. The van der Waals surface area contributed by atoms with Gasteiger partial charge in [-0.1, -0.05) is 17.4 Å². The molecule has 2 aromatic heterocycles. The average molecular weight is 665 g/mol. The molecule has 2 saturated carbocycles. The molecule has 3 fully saturated rings. The van der Waals surface area contributed by atoms with Crippen molar-refractivity contribution in [2.45, 2.75) is 103 Å². The van der Waals surface area contributed by atoms with Gasteiger partial charge in [0, 0.05) is 62.5 Å². The predicted molar refractivity (Wildman–Crippen MR) is 178 cm³/mol. The van der Waals surface area contributed by atoms with E-state index in [9.17, 15) is 14.4 Å². The Hall–Kier alpha value is -3.68. The van der Waals surface area contributed by atoms with E-state index in [-0.39, 0.29) is 48.7 Å². The van der Waals surface area contributed by atoms with Gasteiger partial charge in [-0.3, -0.25) is 14.5 Å². The smallest absolute Gasteiger partial charge is 0.410 e. The minimum Gasteiger partial charge on any atom is -0.460 e. The number of carbonyl (C=O) groups excluding carboxylic acids is 3. The Morgan fingerprint density at radius 2 is 1.79 bits per heavy atom. The molecule has 2 amide bonds. The summed E-state index contributed by atoms with van der Waals surface area (Å²) in [6.45, 7) is 11.5. The van der Waals surface area contributed by atoms with Crippen molar-refractivity contribution in [1.82, 2.24) is 24.8 Å². The van der Waals surface area contributed by atoms with E-state index in [0.29, 0.717) is 30.1 Å². The first kappa shape index (κ1) is 33.2. The standard InChI is InChI=1S/C34H44N6O6S/c1-20-18-39(33(43)46-34(3,4)5)11-12-40(20)25-13-23(14-25)31(42)38-32-37-26-10-9-22(15-29(26)47-32)24-16-35-30(36-17-24)19-44-27-7-6-8-28(27)45-21(2)41/h9-10,15-17,20,23,25,27-28H,6-8,11-14,18-19H2,1-5H3,(H,37,38,42)/t20-,23?,25?,27-,28-/m0/s1. The molecule has 1 aromatic carbocycles. The van der Waals surface area contributed by atoms with Crippen LogP contribution in [0.2, 0.25) is 0 Å². The highest BCUT2D eigenvalue weighted by atomic mass is 32.1. The first-order chi connectivity index (χ1) is 22.4. The summed E-state index contributed by atoms with van der Waals surface area (Å²) < 4.78 is 17.9. The van der Waals surface area contributed by atoms with Crippen molar-refractivity contribution in [1.29, 1.82) is 0 Å². The van der Waals surface area contributed by atoms with Gasteiger partial charge in [0.2, 0.25) is 5.91 Å². The number of piperazine rings is 1. The van der Waals surface area contributed by atoms with Crippen molar-refractivity contribution in [3.05, 3.63) is 36.4 Å². The van der Waals surface area contributed by atoms with Gasteiger partial charge in [0.05, 0.1) is 16.3 Å². The first-order valence-corrected chi connectivity index (χ1v) is 17.3. The number of hydrogen-bond acceptors (Lipinski definition) is 11. The zero-order chi connectivity index (χ0) is 33.3. The number of carbonyl (C=O) groups is 3. The molecule has 12 nitrogen and oxygen atoms in total. The van der Waals surface area contributed by atoms with Crippen LogP contribution in [0.1, 0.15) is 72.5 Å². The van der Waals surface area contributed by atoms with Crippen molar-refractivity contribution in [3.8, 4) is 11.1 Å². The van der Waals surface area contributed by atoms with Crippen LogP contribution < -0.4 is 5.32 Å². The van der Waals surface area contributed by atoms with E-state index in [0.717, 1.165) is 60.0 Å². The van der Waals surface area contributed by atoms with E-state index in [1.54, 1.807) is 17.3 Å². The van der Waals surface area contributed by atoms with Gasteiger partial charge in [-0.25, -0.2) is 19.7 Å². The van der Waals surface area contributed by atoms with E-state index < -0.39 is 5.60 Å². The average Bonchev–Trinajstić information content (AvgIpc) is 3.60. The van der Waals surface area contributed by atoms with Crippen molar-refractivity contribution in [2.24, 2.45) is 5.92 Å². The quantitative estimate of drug-likeness (QED) is 0.311. The zero-order valence-electron chi connectivity index (χ0n) is 27.7. The van der Waals surface area contributed by atoms with E-state index >= 15 is 0 Å². The minimum atomic E-state index is -0.509. The molecule has 2 aliphatic carbocycles. The maximum atomic E-state index is 13.1. The molecule has 1 aliphatic heterocycles. The fourth-order valence-corrected chi connectivity index (χ4v) is 7.54. The summed E-state index contributed by atoms with van der Waals surface area (Å²) in [5, 5.41) is 3.63. The van der Waals surface area contributed by atoms with Crippen molar-refractivity contribution in [3.63, 3.8) is 0 Å². The van der Waals surface area contributed by atoms with Gasteiger partial charge in [0.1, 0.15) is 18.3 Å². The Bertz CT molecular complexity index is 1600. The number of fused-ring (bicyclic) bond motifs is 1. The molecule has 3 aromatic rings. The number of anilines is 1. The lowest BCUT2D eigenvalue weighted by atomic mass is 9.78. The molecule has 47 heavy (non-hydrogen) atoms. The number of nitrogens with zero attached hydrogens (tertiary/aromatic N) is 5. The third-order valence-corrected chi connectivity index (χ3v) is 10.0. The minimum absolute atomic E-state index is 0.00330. The van der Waals surface area contributed by atoms with E-state index in [4.69, 9.17) is 14.2 Å². The lowest BCUT2D eigenvalue weighted by Gasteiger charge is -2.49. The Labute approximate surface area is 279 Å². The Morgan fingerprint density at radius 3 is 2.49 bits per heavy atom. The molecule has 13 heteroatoms. The molecule has 0 spiro atoms. The van der Waals surface area contributed by atoms with Gasteiger partial charge in [-0.05, 0) is 77.5 Å². The third-order valence-electron chi connectivity index (χ3n) is 9.08. The number of rotatable bonds is 8. The molecular formula is C34H44N6O6S. The molecule has 1 N–H and O–H groups in total. The number of esters is 1. The van der Waals surface area contributed by atoms with Gasteiger partial charge >= 0.3 is 12.1 Å². The normalized spacial score (nSPS) is 25.0. The highest BCUT2D eigenvalue weighted by Gasteiger charge is 2.42. The van der Waals surface area contributed by atoms with Crippen LogP contribution in [0, 0.1) is 5.92 Å². The SMILES string of the molecule is CC(=O)O[C@H]1CCC[C@@H]1OCc1ncc(-c2ccc3nc(NC(=O)C4CC(N5CCN(C(=O)OC(C)(C)C)C[C@@H]5C)C4)sc3c2)cn1.